The molecule has 1 saturated heterocycles. The highest BCUT2D eigenvalue weighted by atomic mass is 16.7. The lowest BCUT2D eigenvalue weighted by Crippen LogP contribution is -2.60. The Labute approximate surface area is 333 Å². The summed E-state index contributed by atoms with van der Waals surface area (Å²) in [5, 5.41) is 53.5. The first kappa shape index (κ1) is 50.1. The first-order chi connectivity index (χ1) is 26.8. The minimum atomic E-state index is -1.56. The molecule has 0 bridgehead atoms. The van der Waals surface area contributed by atoms with Gasteiger partial charge in [0.05, 0.1) is 25.4 Å². The van der Waals surface area contributed by atoms with E-state index in [0.29, 0.717) is 12.8 Å². The fourth-order valence-corrected chi connectivity index (χ4v) is 5.82. The Morgan fingerprint density at radius 3 is 1.62 bits per heavy atom. The van der Waals surface area contributed by atoms with E-state index in [1.165, 1.54) is 0 Å². The summed E-state index contributed by atoms with van der Waals surface area (Å²) < 4.78 is 11.1. The Hall–Kier alpha value is -2.89. The summed E-state index contributed by atoms with van der Waals surface area (Å²) in [6.45, 7) is 3.49. The summed E-state index contributed by atoms with van der Waals surface area (Å²) in [5.41, 5.74) is 0. The van der Waals surface area contributed by atoms with Crippen molar-refractivity contribution in [2.24, 2.45) is 0 Å². The maximum absolute atomic E-state index is 12.8. The highest BCUT2D eigenvalue weighted by molar-refractivity contribution is 5.76. The summed E-state index contributed by atoms with van der Waals surface area (Å²) >= 11 is 0. The van der Waals surface area contributed by atoms with Gasteiger partial charge in [-0.05, 0) is 77.0 Å². The van der Waals surface area contributed by atoms with Crippen molar-refractivity contribution in [1.29, 1.82) is 0 Å². The lowest BCUT2D eigenvalue weighted by atomic mass is 9.99. The average molecular weight is 770 g/mol. The fourth-order valence-electron chi connectivity index (χ4n) is 5.82. The standard InChI is InChI=1S/C46H75NO8/c1-3-5-7-8-9-10-11-12-13-14-15-16-17-18-19-20-21-22-23-24-25-26-27-28-29-30-31-32-34-36-42(50)47-39(40(49)35-33-6-4-2)38-54-46-45(53)44(52)43(51)41(37-48)55-46/h5,7,9-10,12-13,15-16,18-19,21-22,24-25,27-28,39-41,43-46,48-49,51-53H,3-4,6,8,11,14,17,20,23,26,29-38H2,1-2H3,(H,47,50)/b7-5-,10-9-,13-12-,16-15-,19-18-,22-21-,25-24-,28-27-. The summed E-state index contributed by atoms with van der Waals surface area (Å²) in [7, 11) is 0. The Balaban J connectivity index is 2.16. The van der Waals surface area contributed by atoms with E-state index in [2.05, 4.69) is 116 Å². The van der Waals surface area contributed by atoms with Gasteiger partial charge in [-0.25, -0.2) is 0 Å². The number of rotatable bonds is 32. The van der Waals surface area contributed by atoms with Crippen LogP contribution < -0.4 is 5.32 Å². The molecule has 7 unspecified atom stereocenters. The average Bonchev–Trinajstić information content (AvgIpc) is 3.18. The van der Waals surface area contributed by atoms with Crippen LogP contribution in [0, 0.1) is 0 Å². The zero-order valence-corrected chi connectivity index (χ0v) is 33.9. The topological polar surface area (TPSA) is 149 Å². The second-order valence-electron chi connectivity index (χ2n) is 14.1. The molecule has 1 amide bonds. The number of unbranched alkanes of at least 4 members (excludes halogenated alkanes) is 6. The van der Waals surface area contributed by atoms with Crippen LogP contribution in [0.3, 0.4) is 0 Å². The van der Waals surface area contributed by atoms with E-state index in [-0.39, 0.29) is 12.5 Å². The summed E-state index contributed by atoms with van der Waals surface area (Å²) in [4.78, 5) is 12.8. The number of allylic oxidation sites excluding steroid dienone is 16. The van der Waals surface area contributed by atoms with E-state index in [4.69, 9.17) is 9.47 Å². The van der Waals surface area contributed by atoms with Crippen LogP contribution in [0.2, 0.25) is 0 Å². The van der Waals surface area contributed by atoms with E-state index in [1.807, 2.05) is 0 Å². The summed E-state index contributed by atoms with van der Waals surface area (Å²) in [5.74, 6) is -0.187. The van der Waals surface area contributed by atoms with Gasteiger partial charge in [-0.15, -0.1) is 0 Å². The van der Waals surface area contributed by atoms with Gasteiger partial charge in [-0.2, -0.15) is 0 Å². The van der Waals surface area contributed by atoms with Crippen molar-refractivity contribution in [3.8, 4) is 0 Å². The molecule has 0 aliphatic carbocycles. The minimum Gasteiger partial charge on any atom is -0.394 e. The lowest BCUT2D eigenvalue weighted by Gasteiger charge is -2.40. The maximum Gasteiger partial charge on any atom is 0.220 e. The molecule has 0 radical (unpaired) electrons. The molecule has 0 aromatic heterocycles. The van der Waals surface area contributed by atoms with Gasteiger partial charge in [-0.3, -0.25) is 4.79 Å². The van der Waals surface area contributed by atoms with Crippen LogP contribution in [0.5, 0.6) is 0 Å². The molecule has 6 N–H and O–H groups in total. The molecule has 1 aliphatic heterocycles. The second kappa shape index (κ2) is 35.5. The Morgan fingerprint density at radius 1 is 0.636 bits per heavy atom. The molecule has 0 aromatic carbocycles. The molecular formula is C46H75NO8. The van der Waals surface area contributed by atoms with Crippen molar-refractivity contribution in [1.82, 2.24) is 5.32 Å². The molecule has 1 rings (SSSR count). The van der Waals surface area contributed by atoms with Gasteiger partial charge in [0.25, 0.3) is 0 Å². The van der Waals surface area contributed by atoms with E-state index < -0.39 is 49.5 Å². The van der Waals surface area contributed by atoms with Gasteiger partial charge in [-0.1, -0.05) is 143 Å². The number of aliphatic hydroxyl groups excluding tert-OH is 5. The highest BCUT2D eigenvalue weighted by Crippen LogP contribution is 2.22. The van der Waals surface area contributed by atoms with Crippen LogP contribution in [-0.4, -0.2) is 87.5 Å². The van der Waals surface area contributed by atoms with Crippen LogP contribution >= 0.6 is 0 Å². The lowest BCUT2D eigenvalue weighted by molar-refractivity contribution is -0.302. The van der Waals surface area contributed by atoms with Crippen LogP contribution in [0.1, 0.15) is 129 Å². The molecule has 7 atom stereocenters. The molecule has 0 saturated carbocycles. The normalized spacial score (nSPS) is 22.3. The van der Waals surface area contributed by atoms with E-state index >= 15 is 0 Å². The van der Waals surface area contributed by atoms with Gasteiger partial charge in [0.15, 0.2) is 6.29 Å². The van der Waals surface area contributed by atoms with Crippen molar-refractivity contribution >= 4 is 5.91 Å². The fraction of sp³-hybridized carbons (Fsp3) is 0.630. The molecule has 1 aliphatic rings. The Bertz CT molecular complexity index is 1170. The van der Waals surface area contributed by atoms with Crippen molar-refractivity contribution in [2.75, 3.05) is 13.2 Å². The zero-order chi connectivity index (χ0) is 40.2. The number of ether oxygens (including phenoxy) is 2. The minimum absolute atomic E-state index is 0.161. The summed E-state index contributed by atoms with van der Waals surface area (Å²) in [6, 6.07) is -0.735. The van der Waals surface area contributed by atoms with Gasteiger partial charge >= 0.3 is 0 Å². The third-order valence-corrected chi connectivity index (χ3v) is 9.20. The number of carbonyl (C=O) groups is 1. The molecule has 55 heavy (non-hydrogen) atoms. The largest absolute Gasteiger partial charge is 0.394 e. The zero-order valence-electron chi connectivity index (χ0n) is 33.9. The van der Waals surface area contributed by atoms with E-state index in [9.17, 15) is 30.3 Å². The number of hydrogen-bond donors (Lipinski definition) is 6. The van der Waals surface area contributed by atoms with Crippen LogP contribution in [0.15, 0.2) is 97.2 Å². The van der Waals surface area contributed by atoms with Crippen molar-refractivity contribution in [3.63, 3.8) is 0 Å². The molecular weight excluding hydrogens is 695 g/mol. The van der Waals surface area contributed by atoms with Crippen LogP contribution in [-0.2, 0) is 14.3 Å². The van der Waals surface area contributed by atoms with Gasteiger partial charge in [0.1, 0.15) is 24.4 Å². The smallest absolute Gasteiger partial charge is 0.220 e. The van der Waals surface area contributed by atoms with E-state index in [0.717, 1.165) is 103 Å². The Morgan fingerprint density at radius 2 is 1.13 bits per heavy atom. The van der Waals surface area contributed by atoms with Gasteiger partial charge < -0.3 is 40.3 Å². The number of hydrogen-bond acceptors (Lipinski definition) is 8. The Kier molecular flexibility index (Phi) is 32.4. The third-order valence-electron chi connectivity index (χ3n) is 9.20. The first-order valence-corrected chi connectivity index (χ1v) is 20.9. The molecule has 1 heterocycles. The van der Waals surface area contributed by atoms with Crippen molar-refractivity contribution in [2.45, 2.75) is 172 Å². The molecule has 312 valence electrons. The van der Waals surface area contributed by atoms with Crippen molar-refractivity contribution < 1.29 is 39.8 Å². The number of amides is 1. The van der Waals surface area contributed by atoms with E-state index in [1.54, 1.807) is 0 Å². The van der Waals surface area contributed by atoms with Crippen LogP contribution in [0.4, 0.5) is 0 Å². The van der Waals surface area contributed by atoms with Crippen LogP contribution in [0.25, 0.3) is 0 Å². The SMILES string of the molecule is CC/C=C\C/C=C\C/C=C\C/C=C\C/C=C\C/C=C\C/C=C\C/C=C\CCCCCCC(=O)NC(COC1OC(CO)C(O)C(O)C1O)C(O)CCCCC. The first-order valence-electron chi connectivity index (χ1n) is 20.9. The number of carbonyl (C=O) groups excluding carboxylic acids is 1. The van der Waals surface area contributed by atoms with Gasteiger partial charge in [0.2, 0.25) is 5.91 Å². The maximum atomic E-state index is 12.8. The number of nitrogens with one attached hydrogen (secondary N) is 1. The molecule has 9 nitrogen and oxygen atoms in total. The summed E-state index contributed by atoms with van der Waals surface area (Å²) in [6.07, 6.45) is 43.7. The van der Waals surface area contributed by atoms with Crippen molar-refractivity contribution in [3.05, 3.63) is 97.2 Å². The predicted molar refractivity (Wildman–Crippen MR) is 225 cm³/mol. The quantitative estimate of drug-likeness (QED) is 0.0297. The molecule has 0 spiro atoms. The highest BCUT2D eigenvalue weighted by Gasteiger charge is 2.44. The third kappa shape index (κ3) is 26.6. The monoisotopic (exact) mass is 770 g/mol. The molecule has 9 heteroatoms. The predicted octanol–water partition coefficient (Wildman–Crippen LogP) is 8.16. The molecule has 0 aromatic rings. The number of aliphatic hydroxyl groups is 5. The van der Waals surface area contributed by atoms with Gasteiger partial charge in [0, 0.05) is 6.42 Å². The second-order valence-corrected chi connectivity index (χ2v) is 14.1. The molecule has 1 fully saturated rings.